The van der Waals surface area contributed by atoms with Gasteiger partial charge in [-0.1, -0.05) is 33.6 Å². The highest BCUT2D eigenvalue weighted by atomic mass is 15.2. The average molecular weight is 280 g/mol. The summed E-state index contributed by atoms with van der Waals surface area (Å²) in [6.45, 7) is 11.1. The monoisotopic (exact) mass is 280 g/mol. The van der Waals surface area contributed by atoms with Crippen LogP contribution in [0.15, 0.2) is 0 Å². The van der Waals surface area contributed by atoms with E-state index in [1.165, 1.54) is 77.4 Å². The Morgan fingerprint density at radius 3 is 2.65 bits per heavy atom. The minimum Gasteiger partial charge on any atom is -0.313 e. The van der Waals surface area contributed by atoms with Crippen molar-refractivity contribution in [3.05, 3.63) is 0 Å². The predicted octanol–water partition coefficient (Wildman–Crippen LogP) is 4.20. The van der Waals surface area contributed by atoms with Crippen LogP contribution in [0, 0.1) is 5.41 Å². The summed E-state index contributed by atoms with van der Waals surface area (Å²) in [5.41, 5.74) is 0.580. The summed E-state index contributed by atoms with van der Waals surface area (Å²) in [4.78, 5) is 2.84. The molecular formula is C18H36N2. The molecule has 0 spiro atoms. The Morgan fingerprint density at radius 2 is 1.95 bits per heavy atom. The third kappa shape index (κ3) is 5.04. The highest BCUT2D eigenvalue weighted by molar-refractivity contribution is 4.85. The summed E-state index contributed by atoms with van der Waals surface area (Å²) in [6.07, 6.45) is 12.6. The molecule has 0 radical (unpaired) electrons. The summed E-state index contributed by atoms with van der Waals surface area (Å²) in [7, 11) is 0. The fourth-order valence-electron chi connectivity index (χ4n) is 3.99. The van der Waals surface area contributed by atoms with E-state index in [0.717, 1.165) is 12.1 Å². The Labute approximate surface area is 126 Å². The number of unbranched alkanes of at least 4 members (excludes halogenated alkanes) is 1. The number of hydrogen-bond acceptors (Lipinski definition) is 2. The van der Waals surface area contributed by atoms with Crippen LogP contribution in [0.1, 0.15) is 78.6 Å². The van der Waals surface area contributed by atoms with Crippen LogP contribution < -0.4 is 5.32 Å². The minimum atomic E-state index is 0.580. The molecule has 2 fully saturated rings. The Balaban J connectivity index is 1.90. The van der Waals surface area contributed by atoms with Gasteiger partial charge in [-0.25, -0.2) is 0 Å². The van der Waals surface area contributed by atoms with Crippen molar-refractivity contribution in [3.63, 3.8) is 0 Å². The molecule has 1 aliphatic heterocycles. The van der Waals surface area contributed by atoms with Crippen molar-refractivity contribution < 1.29 is 0 Å². The van der Waals surface area contributed by atoms with E-state index in [1.54, 1.807) is 0 Å². The van der Waals surface area contributed by atoms with E-state index in [-0.39, 0.29) is 0 Å². The lowest BCUT2D eigenvalue weighted by Gasteiger charge is -2.33. The molecule has 2 nitrogen and oxygen atoms in total. The van der Waals surface area contributed by atoms with Crippen LogP contribution in [-0.2, 0) is 0 Å². The Morgan fingerprint density at radius 1 is 1.10 bits per heavy atom. The molecule has 0 aromatic rings. The summed E-state index contributed by atoms with van der Waals surface area (Å²) in [6, 6.07) is 1.62. The Kier molecular flexibility index (Phi) is 6.35. The van der Waals surface area contributed by atoms with Gasteiger partial charge in [-0.15, -0.1) is 0 Å². The SMILES string of the molecule is CCCCN(CC1CCCN1)C1CCCC(C)(C)CC1. The topological polar surface area (TPSA) is 15.3 Å². The van der Waals surface area contributed by atoms with E-state index in [9.17, 15) is 0 Å². The van der Waals surface area contributed by atoms with E-state index < -0.39 is 0 Å². The van der Waals surface area contributed by atoms with E-state index in [0.29, 0.717) is 5.41 Å². The highest BCUT2D eigenvalue weighted by Gasteiger charge is 2.29. The van der Waals surface area contributed by atoms with Gasteiger partial charge in [-0.3, -0.25) is 4.90 Å². The first kappa shape index (κ1) is 16.3. The fourth-order valence-corrected chi connectivity index (χ4v) is 3.99. The van der Waals surface area contributed by atoms with Crippen molar-refractivity contribution in [3.8, 4) is 0 Å². The molecule has 0 aromatic heterocycles. The largest absolute Gasteiger partial charge is 0.313 e. The molecule has 2 unspecified atom stereocenters. The van der Waals surface area contributed by atoms with Gasteiger partial charge in [0.15, 0.2) is 0 Å². The molecule has 20 heavy (non-hydrogen) atoms. The van der Waals surface area contributed by atoms with Gasteiger partial charge in [0.05, 0.1) is 0 Å². The second kappa shape index (κ2) is 7.79. The molecule has 2 aliphatic rings. The van der Waals surface area contributed by atoms with Crippen molar-refractivity contribution in [2.24, 2.45) is 5.41 Å². The minimum absolute atomic E-state index is 0.580. The predicted molar refractivity (Wildman–Crippen MR) is 88.2 cm³/mol. The van der Waals surface area contributed by atoms with Crippen molar-refractivity contribution in [1.82, 2.24) is 10.2 Å². The maximum Gasteiger partial charge on any atom is 0.0195 e. The lowest BCUT2D eigenvalue weighted by Crippen LogP contribution is -2.43. The van der Waals surface area contributed by atoms with Crippen LogP contribution in [-0.4, -0.2) is 36.6 Å². The first-order chi connectivity index (χ1) is 9.61. The molecule has 118 valence electrons. The first-order valence-electron chi connectivity index (χ1n) is 9.08. The smallest absolute Gasteiger partial charge is 0.0195 e. The zero-order chi connectivity index (χ0) is 14.4. The molecule has 1 N–H and O–H groups in total. The summed E-state index contributed by atoms with van der Waals surface area (Å²) in [5.74, 6) is 0. The van der Waals surface area contributed by atoms with Gasteiger partial charge in [0.2, 0.25) is 0 Å². The number of nitrogens with zero attached hydrogens (tertiary/aromatic N) is 1. The van der Waals surface area contributed by atoms with E-state index in [4.69, 9.17) is 0 Å². The lowest BCUT2D eigenvalue weighted by molar-refractivity contribution is 0.158. The molecule has 0 aromatic carbocycles. The normalized spacial score (nSPS) is 30.6. The van der Waals surface area contributed by atoms with Gasteiger partial charge >= 0.3 is 0 Å². The van der Waals surface area contributed by atoms with Crippen molar-refractivity contribution in [1.29, 1.82) is 0 Å². The van der Waals surface area contributed by atoms with Crippen molar-refractivity contribution >= 4 is 0 Å². The van der Waals surface area contributed by atoms with Crippen LogP contribution in [0.5, 0.6) is 0 Å². The Hall–Kier alpha value is -0.0800. The van der Waals surface area contributed by atoms with Gasteiger partial charge in [-0.05, 0) is 63.5 Å². The Bertz CT molecular complexity index is 269. The van der Waals surface area contributed by atoms with Crippen molar-refractivity contribution in [2.45, 2.75) is 90.6 Å². The second-order valence-electron chi connectivity index (χ2n) is 7.89. The first-order valence-corrected chi connectivity index (χ1v) is 9.08. The van der Waals surface area contributed by atoms with Gasteiger partial charge in [0.1, 0.15) is 0 Å². The third-order valence-corrected chi connectivity index (χ3v) is 5.48. The number of hydrogen-bond donors (Lipinski definition) is 1. The molecule has 1 saturated carbocycles. The summed E-state index contributed by atoms with van der Waals surface area (Å²) >= 11 is 0. The third-order valence-electron chi connectivity index (χ3n) is 5.48. The van der Waals surface area contributed by atoms with Gasteiger partial charge < -0.3 is 5.32 Å². The lowest BCUT2D eigenvalue weighted by atomic mass is 9.85. The molecule has 0 bridgehead atoms. The average Bonchev–Trinajstić information content (AvgIpc) is 2.85. The van der Waals surface area contributed by atoms with Crippen LogP contribution in [0.25, 0.3) is 0 Å². The van der Waals surface area contributed by atoms with E-state index in [1.807, 2.05) is 0 Å². The van der Waals surface area contributed by atoms with Crippen LogP contribution in [0.3, 0.4) is 0 Å². The standard InChI is InChI=1S/C18H36N2/c1-4-5-14-20(15-16-8-7-13-19-16)17-9-6-11-18(2,3)12-10-17/h16-17,19H,4-15H2,1-3H3. The zero-order valence-corrected chi connectivity index (χ0v) is 14.1. The van der Waals surface area contributed by atoms with Crippen molar-refractivity contribution in [2.75, 3.05) is 19.6 Å². The summed E-state index contributed by atoms with van der Waals surface area (Å²) in [5, 5.41) is 3.69. The van der Waals surface area contributed by atoms with E-state index in [2.05, 4.69) is 31.0 Å². The van der Waals surface area contributed by atoms with Crippen LogP contribution in [0.4, 0.5) is 0 Å². The highest BCUT2D eigenvalue weighted by Crippen LogP contribution is 2.35. The summed E-state index contributed by atoms with van der Waals surface area (Å²) < 4.78 is 0. The molecule has 2 atom stereocenters. The van der Waals surface area contributed by atoms with Crippen LogP contribution >= 0.6 is 0 Å². The molecule has 1 heterocycles. The molecule has 1 aliphatic carbocycles. The fraction of sp³-hybridized carbons (Fsp3) is 1.00. The number of nitrogens with one attached hydrogen (secondary N) is 1. The molecular weight excluding hydrogens is 244 g/mol. The second-order valence-corrected chi connectivity index (χ2v) is 7.89. The molecule has 2 rings (SSSR count). The molecule has 2 heteroatoms. The van der Waals surface area contributed by atoms with Gasteiger partial charge in [0, 0.05) is 18.6 Å². The maximum atomic E-state index is 3.69. The number of rotatable bonds is 6. The zero-order valence-electron chi connectivity index (χ0n) is 14.1. The van der Waals surface area contributed by atoms with Gasteiger partial charge in [0.25, 0.3) is 0 Å². The van der Waals surface area contributed by atoms with Crippen LogP contribution in [0.2, 0.25) is 0 Å². The van der Waals surface area contributed by atoms with Gasteiger partial charge in [-0.2, -0.15) is 0 Å². The molecule has 0 amide bonds. The molecule has 1 saturated heterocycles. The quantitative estimate of drug-likeness (QED) is 0.734. The maximum absolute atomic E-state index is 3.69. The van der Waals surface area contributed by atoms with E-state index >= 15 is 0 Å².